The maximum absolute atomic E-state index is 10.2. The molecule has 0 amide bonds. The van der Waals surface area contributed by atoms with Crippen molar-refractivity contribution in [2.24, 2.45) is 0 Å². The minimum Gasteiger partial charge on any atom is -0.462 e. The van der Waals surface area contributed by atoms with Crippen LogP contribution in [0.4, 0.5) is 0 Å². The molecule has 168 valence electrons. The van der Waals surface area contributed by atoms with Crippen molar-refractivity contribution in [2.75, 3.05) is 6.61 Å². The number of aliphatic hydroxyl groups excluding tert-OH is 6. The van der Waals surface area contributed by atoms with Gasteiger partial charge in [-0.25, -0.2) is 0 Å². The molecule has 10 heteroatoms. The van der Waals surface area contributed by atoms with Crippen LogP contribution in [0.15, 0.2) is 30.8 Å². The minimum absolute atomic E-state index is 0.350. The van der Waals surface area contributed by atoms with Crippen LogP contribution < -0.4 is 4.74 Å². The van der Waals surface area contributed by atoms with Gasteiger partial charge in [0.2, 0.25) is 6.29 Å². The Kier molecular flexibility index (Phi) is 7.45. The summed E-state index contributed by atoms with van der Waals surface area (Å²) >= 11 is 0. The van der Waals surface area contributed by atoms with Gasteiger partial charge in [0.15, 0.2) is 6.29 Å². The Morgan fingerprint density at radius 1 is 0.833 bits per heavy atom. The van der Waals surface area contributed by atoms with Crippen molar-refractivity contribution in [3.8, 4) is 5.75 Å². The molecular weight excluding hydrogens is 400 g/mol. The number of aliphatic hydroxyl groups is 6. The van der Waals surface area contributed by atoms with Gasteiger partial charge in [-0.05, 0) is 24.6 Å². The van der Waals surface area contributed by atoms with E-state index >= 15 is 0 Å². The van der Waals surface area contributed by atoms with E-state index in [1.807, 2.05) is 0 Å². The number of rotatable bonds is 6. The molecular formula is C20H28O10. The monoisotopic (exact) mass is 428 g/mol. The van der Waals surface area contributed by atoms with Crippen LogP contribution in [0.5, 0.6) is 5.75 Å². The summed E-state index contributed by atoms with van der Waals surface area (Å²) in [6.45, 7) is 4.81. The Bertz CT molecular complexity index is 697. The van der Waals surface area contributed by atoms with Crippen LogP contribution in [0.3, 0.4) is 0 Å². The minimum atomic E-state index is -1.58. The van der Waals surface area contributed by atoms with Crippen LogP contribution in [0.25, 0.3) is 6.08 Å². The summed E-state index contributed by atoms with van der Waals surface area (Å²) in [6.07, 6.45) is -11.7. The number of benzene rings is 1. The maximum Gasteiger partial charge on any atom is 0.229 e. The molecule has 0 unspecified atom stereocenters. The average molecular weight is 428 g/mol. The fraction of sp³-hybridized carbons (Fsp3) is 0.600. The van der Waals surface area contributed by atoms with Crippen LogP contribution in [0, 0.1) is 0 Å². The highest BCUT2D eigenvalue weighted by Crippen LogP contribution is 2.27. The van der Waals surface area contributed by atoms with E-state index in [0.29, 0.717) is 5.75 Å². The van der Waals surface area contributed by atoms with Gasteiger partial charge in [0, 0.05) is 0 Å². The molecule has 2 heterocycles. The second-order valence-electron chi connectivity index (χ2n) is 7.42. The van der Waals surface area contributed by atoms with Crippen molar-refractivity contribution in [3.63, 3.8) is 0 Å². The van der Waals surface area contributed by atoms with Crippen molar-refractivity contribution in [1.29, 1.82) is 0 Å². The topological polar surface area (TPSA) is 158 Å². The molecule has 0 aliphatic carbocycles. The number of hydrogen-bond donors (Lipinski definition) is 6. The Morgan fingerprint density at radius 3 is 2.07 bits per heavy atom. The second-order valence-corrected chi connectivity index (χ2v) is 7.42. The lowest BCUT2D eigenvalue weighted by atomic mass is 9.98. The van der Waals surface area contributed by atoms with Gasteiger partial charge in [0.05, 0.1) is 12.7 Å². The van der Waals surface area contributed by atoms with E-state index in [9.17, 15) is 30.6 Å². The van der Waals surface area contributed by atoms with Gasteiger partial charge in [-0.2, -0.15) is 0 Å². The molecule has 0 bridgehead atoms. The summed E-state index contributed by atoms with van der Waals surface area (Å²) in [7, 11) is 0. The third-order valence-corrected chi connectivity index (χ3v) is 5.27. The molecule has 0 spiro atoms. The van der Waals surface area contributed by atoms with Crippen molar-refractivity contribution >= 4 is 6.08 Å². The summed E-state index contributed by atoms with van der Waals surface area (Å²) in [5, 5.41) is 60.2. The van der Waals surface area contributed by atoms with E-state index in [1.165, 1.54) is 6.92 Å². The van der Waals surface area contributed by atoms with Gasteiger partial charge in [-0.15, -0.1) is 0 Å². The SMILES string of the molecule is C=Cc1ccc(O[C@@H]2O[C@H](CO[C@@H]3O[C@@H](C)[C@@H](O)[C@@H](O)[C@H]3O)[C@H](O)[C@H](O)[C@H]2O)cc1. The smallest absolute Gasteiger partial charge is 0.229 e. The average Bonchev–Trinajstić information content (AvgIpc) is 2.75. The van der Waals surface area contributed by atoms with Crippen molar-refractivity contribution < 1.29 is 49.6 Å². The van der Waals surface area contributed by atoms with Crippen molar-refractivity contribution in [1.82, 2.24) is 0 Å². The zero-order chi connectivity index (χ0) is 22.0. The van der Waals surface area contributed by atoms with Gasteiger partial charge in [-0.3, -0.25) is 0 Å². The fourth-order valence-corrected chi connectivity index (χ4v) is 3.31. The molecule has 2 saturated heterocycles. The van der Waals surface area contributed by atoms with Crippen LogP contribution >= 0.6 is 0 Å². The lowest BCUT2D eigenvalue weighted by Gasteiger charge is -2.42. The van der Waals surface area contributed by atoms with Crippen LogP contribution in [0.1, 0.15) is 12.5 Å². The van der Waals surface area contributed by atoms with E-state index < -0.39 is 61.4 Å². The second kappa shape index (κ2) is 9.69. The largest absolute Gasteiger partial charge is 0.462 e. The van der Waals surface area contributed by atoms with Crippen LogP contribution in [0.2, 0.25) is 0 Å². The first-order valence-corrected chi connectivity index (χ1v) is 9.63. The molecule has 1 aromatic rings. The fourth-order valence-electron chi connectivity index (χ4n) is 3.31. The normalized spacial score (nSPS) is 42.0. The lowest BCUT2D eigenvalue weighted by molar-refractivity contribution is -0.318. The predicted molar refractivity (Wildman–Crippen MR) is 102 cm³/mol. The quantitative estimate of drug-likeness (QED) is 0.310. The molecule has 6 N–H and O–H groups in total. The van der Waals surface area contributed by atoms with E-state index in [4.69, 9.17) is 18.9 Å². The first kappa shape index (κ1) is 23.1. The summed E-state index contributed by atoms with van der Waals surface area (Å²) in [5.74, 6) is 0.366. The Morgan fingerprint density at radius 2 is 1.43 bits per heavy atom. The molecule has 0 aromatic heterocycles. The Labute approximate surface area is 173 Å². The summed E-state index contributed by atoms with van der Waals surface area (Å²) in [4.78, 5) is 0. The first-order chi connectivity index (χ1) is 14.2. The molecule has 10 nitrogen and oxygen atoms in total. The van der Waals surface area contributed by atoms with E-state index in [1.54, 1.807) is 30.3 Å². The van der Waals surface area contributed by atoms with Gasteiger partial charge in [-0.1, -0.05) is 24.8 Å². The first-order valence-electron chi connectivity index (χ1n) is 9.63. The zero-order valence-electron chi connectivity index (χ0n) is 16.4. The Hall–Kier alpha value is -1.60. The predicted octanol–water partition coefficient (Wildman–Crippen LogP) is -1.64. The van der Waals surface area contributed by atoms with Gasteiger partial charge >= 0.3 is 0 Å². The standard InChI is InChI=1S/C20H28O10/c1-3-10-4-6-11(7-5-10)29-20-18(26)16(24)14(22)12(30-20)8-27-19-17(25)15(23)13(21)9(2)28-19/h3-7,9,12-26H,1,8H2,2H3/t9-,12+,13+,14-,15+,16-,17+,18+,19+,20+/m0/s1. The van der Waals surface area contributed by atoms with Crippen molar-refractivity contribution in [2.45, 2.75) is 68.3 Å². The van der Waals surface area contributed by atoms with E-state index in [0.717, 1.165) is 5.56 Å². The highest BCUT2D eigenvalue weighted by atomic mass is 16.7. The van der Waals surface area contributed by atoms with E-state index in [2.05, 4.69) is 6.58 Å². The van der Waals surface area contributed by atoms with Crippen LogP contribution in [-0.2, 0) is 14.2 Å². The molecule has 10 atom stereocenters. The number of hydrogen-bond acceptors (Lipinski definition) is 10. The maximum atomic E-state index is 10.2. The molecule has 0 saturated carbocycles. The molecule has 2 fully saturated rings. The molecule has 3 rings (SSSR count). The highest BCUT2D eigenvalue weighted by molar-refractivity contribution is 5.48. The summed E-state index contributed by atoms with van der Waals surface area (Å²) in [6, 6.07) is 6.75. The van der Waals surface area contributed by atoms with Gasteiger partial charge in [0.1, 0.15) is 48.5 Å². The van der Waals surface area contributed by atoms with Gasteiger partial charge < -0.3 is 49.6 Å². The lowest BCUT2D eigenvalue weighted by Crippen LogP contribution is -2.61. The number of ether oxygens (including phenoxy) is 4. The molecule has 1 aromatic carbocycles. The molecule has 0 radical (unpaired) electrons. The summed E-state index contributed by atoms with van der Waals surface area (Å²) in [5.41, 5.74) is 0.863. The Balaban J connectivity index is 1.63. The van der Waals surface area contributed by atoms with Crippen LogP contribution in [-0.4, -0.2) is 98.7 Å². The van der Waals surface area contributed by atoms with Crippen molar-refractivity contribution in [3.05, 3.63) is 36.4 Å². The molecule has 2 aliphatic heterocycles. The highest BCUT2D eigenvalue weighted by Gasteiger charge is 2.47. The summed E-state index contributed by atoms with van der Waals surface area (Å²) < 4.78 is 21.9. The zero-order valence-corrected chi connectivity index (χ0v) is 16.4. The van der Waals surface area contributed by atoms with Gasteiger partial charge in [0.25, 0.3) is 0 Å². The third kappa shape index (κ3) is 4.83. The molecule has 30 heavy (non-hydrogen) atoms. The molecule has 2 aliphatic rings. The third-order valence-electron chi connectivity index (χ3n) is 5.27. The van der Waals surface area contributed by atoms with E-state index in [-0.39, 0.29) is 6.61 Å².